The zero-order valence-corrected chi connectivity index (χ0v) is 14.3. The summed E-state index contributed by atoms with van der Waals surface area (Å²) in [6.07, 6.45) is 0. The van der Waals surface area contributed by atoms with Gasteiger partial charge in [-0.05, 0) is 58.7 Å². The number of ether oxygens (including phenoxy) is 1. The second kappa shape index (κ2) is 6.50. The Morgan fingerprint density at radius 1 is 1.15 bits per heavy atom. The van der Waals surface area contributed by atoms with Crippen LogP contribution < -0.4 is 10.1 Å². The highest BCUT2D eigenvalue weighted by Gasteiger charge is 2.11. The summed E-state index contributed by atoms with van der Waals surface area (Å²) in [6.45, 7) is 2.05. The molecule has 0 aliphatic carbocycles. The summed E-state index contributed by atoms with van der Waals surface area (Å²) in [6, 6.07) is 11.4. The number of rotatable bonds is 4. The molecule has 0 aliphatic heterocycles. The molecule has 1 unspecified atom stereocenters. The summed E-state index contributed by atoms with van der Waals surface area (Å²) in [7, 11) is 1.54. The Hall–Kier alpha value is -1.20. The molecule has 1 atom stereocenters. The van der Waals surface area contributed by atoms with Gasteiger partial charge in [-0.2, -0.15) is 0 Å². The van der Waals surface area contributed by atoms with Gasteiger partial charge in [0, 0.05) is 15.0 Å². The Bertz CT molecular complexity index is 617. The quantitative estimate of drug-likeness (QED) is 0.750. The molecule has 5 heteroatoms. The summed E-state index contributed by atoms with van der Waals surface area (Å²) in [4.78, 5) is 0. The van der Waals surface area contributed by atoms with E-state index >= 15 is 0 Å². The first-order chi connectivity index (χ1) is 9.51. The van der Waals surface area contributed by atoms with Crippen molar-refractivity contribution in [1.82, 2.24) is 0 Å². The molecule has 0 aromatic heterocycles. The average Bonchev–Trinajstić information content (AvgIpc) is 2.43. The third-order valence-corrected chi connectivity index (χ3v) is 4.19. The first-order valence-electron chi connectivity index (χ1n) is 6.09. The maximum absolute atomic E-state index is 9.63. The minimum Gasteiger partial charge on any atom is -0.504 e. The van der Waals surface area contributed by atoms with Gasteiger partial charge in [0.1, 0.15) is 0 Å². The van der Waals surface area contributed by atoms with Crippen molar-refractivity contribution in [1.29, 1.82) is 0 Å². The fraction of sp³-hybridized carbons (Fsp3) is 0.200. The summed E-state index contributed by atoms with van der Waals surface area (Å²) in [5, 5.41) is 13.1. The summed E-state index contributed by atoms with van der Waals surface area (Å²) >= 11 is 6.98. The van der Waals surface area contributed by atoms with Crippen LogP contribution in [0.4, 0.5) is 5.69 Å². The van der Waals surface area contributed by atoms with E-state index in [9.17, 15) is 5.11 Å². The zero-order valence-electron chi connectivity index (χ0n) is 11.2. The van der Waals surface area contributed by atoms with Crippen molar-refractivity contribution >= 4 is 37.5 Å². The van der Waals surface area contributed by atoms with Gasteiger partial charge >= 0.3 is 0 Å². The Labute approximate surface area is 135 Å². The summed E-state index contributed by atoms with van der Waals surface area (Å²) in [5.74, 6) is 0.622. The van der Waals surface area contributed by atoms with E-state index in [1.165, 1.54) is 0 Å². The molecule has 2 rings (SSSR count). The molecule has 2 aromatic rings. The van der Waals surface area contributed by atoms with E-state index < -0.39 is 0 Å². The van der Waals surface area contributed by atoms with Gasteiger partial charge in [-0.15, -0.1) is 0 Å². The van der Waals surface area contributed by atoms with Crippen LogP contribution in [0, 0.1) is 0 Å². The number of hydrogen-bond donors (Lipinski definition) is 2. The van der Waals surface area contributed by atoms with Gasteiger partial charge in [0.05, 0.1) is 12.8 Å². The van der Waals surface area contributed by atoms with Gasteiger partial charge in [-0.1, -0.05) is 22.0 Å². The van der Waals surface area contributed by atoms with Crippen molar-refractivity contribution in [2.24, 2.45) is 0 Å². The van der Waals surface area contributed by atoms with Crippen LogP contribution >= 0.6 is 31.9 Å². The molecule has 0 bridgehead atoms. The third-order valence-electron chi connectivity index (χ3n) is 3.00. The molecule has 20 heavy (non-hydrogen) atoms. The lowest BCUT2D eigenvalue weighted by Crippen LogP contribution is -2.07. The molecule has 2 N–H and O–H groups in total. The van der Waals surface area contributed by atoms with Crippen molar-refractivity contribution in [3.63, 3.8) is 0 Å². The third kappa shape index (κ3) is 3.46. The molecule has 0 aliphatic rings. The van der Waals surface area contributed by atoms with E-state index in [0.29, 0.717) is 5.75 Å². The first kappa shape index (κ1) is 15.2. The molecule has 0 heterocycles. The largest absolute Gasteiger partial charge is 0.504 e. The number of nitrogens with one attached hydrogen (secondary N) is 1. The maximum Gasteiger partial charge on any atom is 0.160 e. The molecule has 0 spiro atoms. The van der Waals surface area contributed by atoms with E-state index in [1.54, 1.807) is 13.2 Å². The molecule has 0 saturated carbocycles. The Kier molecular flexibility index (Phi) is 4.94. The lowest BCUT2D eigenvalue weighted by molar-refractivity contribution is 0.373. The number of anilines is 1. The monoisotopic (exact) mass is 399 g/mol. The number of aromatic hydroxyl groups is 1. The van der Waals surface area contributed by atoms with Crippen molar-refractivity contribution in [2.75, 3.05) is 12.4 Å². The van der Waals surface area contributed by atoms with Crippen LogP contribution in [-0.2, 0) is 0 Å². The number of phenols is 1. The normalized spacial score (nSPS) is 12.0. The van der Waals surface area contributed by atoms with Crippen molar-refractivity contribution in [3.8, 4) is 11.5 Å². The molecule has 0 amide bonds. The van der Waals surface area contributed by atoms with E-state index in [0.717, 1.165) is 20.2 Å². The summed E-state index contributed by atoms with van der Waals surface area (Å²) in [5.41, 5.74) is 2.03. The maximum atomic E-state index is 9.63. The molecule has 2 aromatic carbocycles. The fourth-order valence-corrected chi connectivity index (χ4v) is 2.61. The molecule has 0 fully saturated rings. The Balaban J connectivity index is 2.23. The summed E-state index contributed by atoms with van der Waals surface area (Å²) < 4.78 is 7.15. The van der Waals surface area contributed by atoms with E-state index in [1.807, 2.05) is 30.3 Å². The van der Waals surface area contributed by atoms with Gasteiger partial charge in [0.25, 0.3) is 0 Å². The number of halogens is 2. The average molecular weight is 401 g/mol. The van der Waals surface area contributed by atoms with Gasteiger partial charge in [-0.25, -0.2) is 0 Å². The minimum absolute atomic E-state index is 0.0788. The van der Waals surface area contributed by atoms with Crippen molar-refractivity contribution < 1.29 is 9.84 Å². The number of phenolic OH excluding ortho intramolecular Hbond substituents is 1. The second-order valence-electron chi connectivity index (χ2n) is 4.42. The standard InChI is InChI=1S/C15H15Br2NO2/c1-9(10-3-6-14(19)15(7-10)20-2)18-13-8-11(16)4-5-12(13)17/h3-9,18-19H,1-2H3. The molecular formula is C15H15Br2NO2. The van der Waals surface area contributed by atoms with E-state index in [4.69, 9.17) is 4.74 Å². The molecule has 106 valence electrons. The van der Waals surface area contributed by atoms with E-state index in [-0.39, 0.29) is 11.8 Å². The molecule has 0 radical (unpaired) electrons. The molecule has 0 saturated heterocycles. The Morgan fingerprint density at radius 2 is 1.90 bits per heavy atom. The molecular weight excluding hydrogens is 386 g/mol. The number of methoxy groups -OCH3 is 1. The van der Waals surface area contributed by atoms with Gasteiger partial charge in [-0.3, -0.25) is 0 Å². The lowest BCUT2D eigenvalue weighted by Gasteiger charge is -2.18. The number of benzene rings is 2. The van der Waals surface area contributed by atoms with Crippen LogP contribution in [0.15, 0.2) is 45.3 Å². The minimum atomic E-state index is 0.0788. The highest BCUT2D eigenvalue weighted by molar-refractivity contribution is 9.11. The van der Waals surface area contributed by atoms with Crippen LogP contribution in [0.1, 0.15) is 18.5 Å². The lowest BCUT2D eigenvalue weighted by atomic mass is 10.1. The predicted molar refractivity (Wildman–Crippen MR) is 88.5 cm³/mol. The highest BCUT2D eigenvalue weighted by atomic mass is 79.9. The topological polar surface area (TPSA) is 41.5 Å². The van der Waals surface area contributed by atoms with Crippen LogP contribution in [-0.4, -0.2) is 12.2 Å². The Morgan fingerprint density at radius 3 is 2.60 bits per heavy atom. The van der Waals surface area contributed by atoms with Crippen molar-refractivity contribution in [3.05, 3.63) is 50.9 Å². The van der Waals surface area contributed by atoms with Crippen LogP contribution in [0.5, 0.6) is 11.5 Å². The van der Waals surface area contributed by atoms with Crippen LogP contribution in [0.3, 0.4) is 0 Å². The smallest absolute Gasteiger partial charge is 0.160 e. The van der Waals surface area contributed by atoms with Crippen LogP contribution in [0.2, 0.25) is 0 Å². The van der Waals surface area contributed by atoms with Crippen molar-refractivity contribution in [2.45, 2.75) is 13.0 Å². The predicted octanol–water partition coefficient (Wildman–Crippen LogP) is 5.10. The molecule has 3 nitrogen and oxygen atoms in total. The van der Waals surface area contributed by atoms with Gasteiger partial charge in [0.15, 0.2) is 11.5 Å². The number of hydrogen-bond acceptors (Lipinski definition) is 3. The van der Waals surface area contributed by atoms with E-state index in [2.05, 4.69) is 44.1 Å². The SMILES string of the molecule is COc1cc(C(C)Nc2cc(Br)ccc2Br)ccc1O. The van der Waals surface area contributed by atoms with Gasteiger partial charge in [0.2, 0.25) is 0 Å². The highest BCUT2D eigenvalue weighted by Crippen LogP contribution is 2.32. The second-order valence-corrected chi connectivity index (χ2v) is 6.19. The van der Waals surface area contributed by atoms with Gasteiger partial charge < -0.3 is 15.2 Å². The first-order valence-corrected chi connectivity index (χ1v) is 7.68. The van der Waals surface area contributed by atoms with Crippen LogP contribution in [0.25, 0.3) is 0 Å². The fourth-order valence-electron chi connectivity index (χ4n) is 1.89. The zero-order chi connectivity index (χ0) is 14.7.